The van der Waals surface area contributed by atoms with Crippen LogP contribution in [0.15, 0.2) is 0 Å². The summed E-state index contributed by atoms with van der Waals surface area (Å²) in [4.78, 5) is 0. The van der Waals surface area contributed by atoms with Crippen LogP contribution in [0.3, 0.4) is 0 Å². The van der Waals surface area contributed by atoms with Gasteiger partial charge in [0.25, 0.3) is 0 Å². The van der Waals surface area contributed by atoms with Crippen molar-refractivity contribution in [1.29, 1.82) is 0 Å². The first-order valence-corrected chi connectivity index (χ1v) is 4.61. The van der Waals surface area contributed by atoms with Crippen LogP contribution in [-0.2, 0) is 16.5 Å². The Bertz CT molecular complexity index is 27.5. The van der Waals surface area contributed by atoms with Crippen LogP contribution >= 0.6 is 17.0 Å². The molecule has 0 aromatic rings. The van der Waals surface area contributed by atoms with Gasteiger partial charge >= 0.3 is 25.2 Å². The number of hydrogen-bond acceptors (Lipinski definition) is 0. The third-order valence-electron chi connectivity index (χ3n) is 0. The third kappa shape index (κ3) is 9.57. The summed E-state index contributed by atoms with van der Waals surface area (Å²) in [5.41, 5.74) is 0. The van der Waals surface area contributed by atoms with Gasteiger partial charge in [0.15, 0.2) is 0 Å². The normalized spacial score (nSPS) is 2.00. The van der Waals surface area contributed by atoms with Crippen molar-refractivity contribution in [1.82, 2.24) is 0 Å². The molecule has 0 aliphatic rings. The Kier molecular flexibility index (Phi) is 20.1. The molecule has 0 aromatic carbocycles. The maximum atomic E-state index is 3.78. The zero-order valence-corrected chi connectivity index (χ0v) is 5.88. The molecule has 0 saturated carbocycles. The summed E-state index contributed by atoms with van der Waals surface area (Å²) < 4.78 is 0. The minimum atomic E-state index is 0. The summed E-state index contributed by atoms with van der Waals surface area (Å²) >= 11 is 0. The number of rotatable bonds is 0. The largest absolute Gasteiger partial charge is 0 e. The second-order valence-corrected chi connectivity index (χ2v) is 3.49. The second-order valence-electron chi connectivity index (χ2n) is 0.129. The Morgan fingerprint density at radius 2 is 1.75 bits per heavy atom. The van der Waals surface area contributed by atoms with E-state index in [4.69, 9.17) is 0 Å². The van der Waals surface area contributed by atoms with E-state index >= 15 is 0 Å². The molecule has 0 amide bonds. The van der Waals surface area contributed by atoms with E-state index in [1.54, 1.807) is 0 Å². The van der Waals surface area contributed by atoms with Crippen LogP contribution in [0, 0.1) is 0 Å². The molecular weight excluding hydrogens is 149 g/mol. The summed E-state index contributed by atoms with van der Waals surface area (Å²) in [6.07, 6.45) is 0. The summed E-state index contributed by atoms with van der Waals surface area (Å²) in [5.74, 6) is 0. The van der Waals surface area contributed by atoms with Gasteiger partial charge in [-0.3, -0.25) is 0 Å². The van der Waals surface area contributed by atoms with Crippen LogP contribution in [0.1, 0.15) is 0 Å². The zero-order chi connectivity index (χ0) is 2.71. The Morgan fingerprint density at radius 1 is 1.75 bits per heavy atom. The van der Waals surface area contributed by atoms with Crippen molar-refractivity contribution in [3.05, 3.63) is 0 Å². The molecule has 0 aliphatic heterocycles. The van der Waals surface area contributed by atoms with Crippen molar-refractivity contribution in [3.8, 4) is 0 Å². The third-order valence-corrected chi connectivity index (χ3v) is 0. The van der Waals surface area contributed by atoms with Gasteiger partial charge in [0, 0.05) is 16.5 Å². The summed E-state index contributed by atoms with van der Waals surface area (Å²) in [6, 6.07) is 0. The molecule has 0 spiro atoms. The molecule has 0 radical (unpaired) electrons. The van der Waals surface area contributed by atoms with E-state index in [1.165, 1.54) is 0 Å². The molecule has 0 saturated heterocycles. The molecule has 4 heteroatoms. The predicted molar refractivity (Wildman–Crippen MR) is 22.4 cm³/mol. The van der Waals surface area contributed by atoms with Crippen LogP contribution in [0.5, 0.6) is 0 Å². The summed E-state index contributed by atoms with van der Waals surface area (Å²) in [5, 5.41) is 0. The van der Waals surface area contributed by atoms with Gasteiger partial charge in [0.1, 0.15) is 0 Å². The minimum absolute atomic E-state index is 0. The standard InChI is InChI=1S/Ni.H2P2Si/c;1-3-2/h;1H2. The smallest absolute Gasteiger partial charge is 0 e. The van der Waals surface area contributed by atoms with Gasteiger partial charge in [-0.05, 0) is 0 Å². The maximum absolute atomic E-state index is 3.78. The molecule has 26 valence electrons. The van der Waals surface area contributed by atoms with Crippen molar-refractivity contribution < 1.29 is 16.5 Å². The molecule has 0 aromatic heterocycles. The van der Waals surface area contributed by atoms with Crippen molar-refractivity contribution in [3.63, 3.8) is 0 Å². The van der Waals surface area contributed by atoms with Gasteiger partial charge in [-0.1, -0.05) is 0 Å². The monoisotopic (exact) mass is 150 g/mol. The first-order valence-electron chi connectivity index (χ1n) is 0.512. The minimum Gasteiger partial charge on any atom is 0 e. The van der Waals surface area contributed by atoms with E-state index in [2.05, 4.69) is 17.0 Å². The quantitative estimate of drug-likeness (QED) is 0.354. The summed E-state index contributed by atoms with van der Waals surface area (Å²) in [6.45, 7) is 0. The van der Waals surface area contributed by atoms with Crippen LogP contribution in [0.25, 0.3) is 0 Å². The maximum Gasteiger partial charge on any atom is 0 e. The molecule has 0 rings (SSSR count). The molecule has 0 N–H and O–H groups in total. The van der Waals surface area contributed by atoms with E-state index < -0.39 is 0 Å². The van der Waals surface area contributed by atoms with Gasteiger partial charge in [-0.15, -0.1) is 0 Å². The van der Waals surface area contributed by atoms with Crippen molar-refractivity contribution >= 4 is 25.2 Å². The Morgan fingerprint density at radius 3 is 1.75 bits per heavy atom. The van der Waals surface area contributed by atoms with Crippen LogP contribution in [0.2, 0.25) is 0 Å². The van der Waals surface area contributed by atoms with Crippen LogP contribution in [0.4, 0.5) is 0 Å². The first kappa shape index (κ1) is 9.13. The average Bonchev–Trinajstić information content (AvgIpc) is 0.918. The predicted octanol–water partition coefficient (Wildman–Crippen LogP) is 0.804. The molecule has 0 nitrogen and oxygen atoms in total. The van der Waals surface area contributed by atoms with Crippen LogP contribution < -0.4 is 0 Å². The van der Waals surface area contributed by atoms with Crippen molar-refractivity contribution in [2.24, 2.45) is 0 Å². The summed E-state index contributed by atoms with van der Waals surface area (Å²) in [7, 11) is 6.94. The van der Waals surface area contributed by atoms with Gasteiger partial charge < -0.3 is 0 Å². The Hall–Kier alpha value is 1.57. The van der Waals surface area contributed by atoms with Crippen molar-refractivity contribution in [2.75, 3.05) is 0 Å². The molecule has 0 bridgehead atoms. The SMILES string of the molecule is P#[Si]P.[Ni]. The van der Waals surface area contributed by atoms with Gasteiger partial charge in [-0.25, -0.2) is 0 Å². The molecule has 0 heterocycles. The molecular formula is H2NiP2Si. The van der Waals surface area contributed by atoms with Crippen LogP contribution in [-0.4, -0.2) is 8.25 Å². The molecule has 1 atom stereocenters. The van der Waals surface area contributed by atoms with E-state index in [9.17, 15) is 0 Å². The van der Waals surface area contributed by atoms with E-state index in [1.807, 2.05) is 0 Å². The fourth-order valence-corrected chi connectivity index (χ4v) is 0. The fourth-order valence-electron chi connectivity index (χ4n) is 0. The molecule has 0 fully saturated rings. The van der Waals surface area contributed by atoms with Crippen molar-refractivity contribution in [2.45, 2.75) is 0 Å². The first-order chi connectivity index (χ1) is 1.41. The van der Waals surface area contributed by atoms with E-state index in [-0.39, 0.29) is 16.5 Å². The number of hydrogen-bond donors (Lipinski definition) is 0. The fraction of sp³-hybridized carbons (Fsp3) is 0. The molecule has 4 heavy (non-hydrogen) atoms. The van der Waals surface area contributed by atoms with Gasteiger partial charge in [0.05, 0.1) is 0 Å². The molecule has 0 aliphatic carbocycles. The van der Waals surface area contributed by atoms with E-state index in [0.29, 0.717) is 8.25 Å². The molecule has 1 unspecified atom stereocenters. The Balaban J connectivity index is 0. The zero-order valence-electron chi connectivity index (χ0n) is 1.84. The van der Waals surface area contributed by atoms with Gasteiger partial charge in [-0.2, -0.15) is 0 Å². The second kappa shape index (κ2) is 8.82. The average molecular weight is 151 g/mol. The topological polar surface area (TPSA) is 0 Å². The van der Waals surface area contributed by atoms with E-state index in [0.717, 1.165) is 0 Å². The van der Waals surface area contributed by atoms with Gasteiger partial charge in [0.2, 0.25) is 0 Å². The Labute approximate surface area is 42.2 Å².